The summed E-state index contributed by atoms with van der Waals surface area (Å²) in [6.45, 7) is 3.92. The van der Waals surface area contributed by atoms with Gasteiger partial charge in [-0.3, -0.25) is 4.79 Å². The van der Waals surface area contributed by atoms with Gasteiger partial charge in [0.15, 0.2) is 33.8 Å². The second-order valence-corrected chi connectivity index (χ2v) is 7.50. The highest BCUT2D eigenvalue weighted by Gasteiger charge is 2.25. The number of nitrogens with two attached hydrogens (primary N) is 1. The maximum absolute atomic E-state index is 13.4. The number of ether oxygens (including phenoxy) is 1. The summed E-state index contributed by atoms with van der Waals surface area (Å²) < 4.78 is 56.5. The Morgan fingerprint density at radius 2 is 2.00 bits per heavy atom. The zero-order valence-corrected chi connectivity index (χ0v) is 16.6. The highest BCUT2D eigenvalue weighted by Crippen LogP contribution is 2.29. The summed E-state index contributed by atoms with van der Waals surface area (Å²) in [5, 5.41) is 2.41. The van der Waals surface area contributed by atoms with Gasteiger partial charge in [0.1, 0.15) is 11.5 Å². The Morgan fingerprint density at radius 3 is 2.57 bits per heavy atom. The van der Waals surface area contributed by atoms with Crippen molar-refractivity contribution in [2.45, 2.75) is 31.2 Å². The summed E-state index contributed by atoms with van der Waals surface area (Å²) in [5.41, 5.74) is 5.97. The van der Waals surface area contributed by atoms with Crippen LogP contribution in [-0.4, -0.2) is 31.5 Å². The van der Waals surface area contributed by atoms with Crippen LogP contribution in [0.1, 0.15) is 30.8 Å². The van der Waals surface area contributed by atoms with Gasteiger partial charge in [-0.15, -0.1) is 0 Å². The van der Waals surface area contributed by atoms with E-state index >= 15 is 0 Å². The molecule has 2 rings (SSSR count). The summed E-state index contributed by atoms with van der Waals surface area (Å²) in [6, 6.07) is 2.53. The third-order valence-corrected chi connectivity index (χ3v) is 5.21. The van der Waals surface area contributed by atoms with Gasteiger partial charge in [0, 0.05) is 31.0 Å². The lowest BCUT2D eigenvalue weighted by molar-refractivity contribution is 0.101. The van der Waals surface area contributed by atoms with E-state index < -0.39 is 28.2 Å². The Labute approximate surface area is 163 Å². The highest BCUT2D eigenvalue weighted by atomic mass is 32.2. The van der Waals surface area contributed by atoms with Crippen LogP contribution in [0.2, 0.25) is 0 Å². The standard InChI is InChI=1S/C18H23F2N3O4S/c1-4-10(2)14(21)9-27-17-15(28(25)26)8-23(3)16(17)18(24)22-11-5-6-12(19)13(20)7-11/h5-8,10,14,28H,4,9,21H2,1-3H3,(H,22,24)/t10-,14+/m0/s1. The topological polar surface area (TPSA) is 103 Å². The number of thiol groups is 1. The summed E-state index contributed by atoms with van der Waals surface area (Å²) in [5.74, 6) is -2.90. The molecule has 28 heavy (non-hydrogen) atoms. The maximum Gasteiger partial charge on any atom is 0.276 e. The first kappa shape index (κ1) is 21.8. The molecule has 154 valence electrons. The number of carbonyl (C=O) groups is 1. The maximum atomic E-state index is 13.4. The predicted octanol–water partition coefficient (Wildman–Crippen LogP) is 2.28. The molecular weight excluding hydrogens is 392 g/mol. The molecule has 2 aromatic rings. The van der Waals surface area contributed by atoms with Crippen LogP contribution in [0.5, 0.6) is 5.75 Å². The van der Waals surface area contributed by atoms with E-state index in [-0.39, 0.29) is 40.6 Å². The number of nitrogens with zero attached hydrogens (tertiary/aromatic N) is 1. The number of hydrogen-bond acceptors (Lipinski definition) is 5. The number of halogens is 2. The molecule has 0 spiro atoms. The molecule has 0 radical (unpaired) electrons. The molecule has 0 bridgehead atoms. The van der Waals surface area contributed by atoms with Crippen LogP contribution in [0, 0.1) is 17.6 Å². The Hall–Kier alpha value is -2.46. The minimum atomic E-state index is -3.03. The molecule has 0 fully saturated rings. The molecule has 1 aromatic carbocycles. The predicted molar refractivity (Wildman–Crippen MR) is 101 cm³/mol. The largest absolute Gasteiger partial charge is 0.488 e. The van der Waals surface area contributed by atoms with Crippen molar-refractivity contribution in [2.75, 3.05) is 11.9 Å². The van der Waals surface area contributed by atoms with Gasteiger partial charge in [0.25, 0.3) is 5.91 Å². The third kappa shape index (κ3) is 4.87. The number of nitrogens with one attached hydrogen (secondary N) is 1. The summed E-state index contributed by atoms with van der Waals surface area (Å²) in [4.78, 5) is 12.5. The van der Waals surface area contributed by atoms with Crippen molar-refractivity contribution in [3.8, 4) is 5.75 Å². The molecule has 0 unspecified atom stereocenters. The SMILES string of the molecule is CC[C@H](C)[C@H](N)COc1c([SH](=O)=O)cn(C)c1C(=O)Nc1ccc(F)c(F)c1. The van der Waals surface area contributed by atoms with Crippen LogP contribution in [0.25, 0.3) is 0 Å². The number of amides is 1. The number of anilines is 1. The molecule has 0 aliphatic rings. The first-order chi connectivity index (χ1) is 13.1. The van der Waals surface area contributed by atoms with E-state index in [1.807, 2.05) is 13.8 Å². The first-order valence-electron chi connectivity index (χ1n) is 8.64. The molecule has 3 N–H and O–H groups in total. The van der Waals surface area contributed by atoms with Gasteiger partial charge in [-0.25, -0.2) is 17.2 Å². The van der Waals surface area contributed by atoms with Crippen molar-refractivity contribution in [2.24, 2.45) is 18.7 Å². The van der Waals surface area contributed by atoms with Gasteiger partial charge in [-0.05, 0) is 18.1 Å². The lowest BCUT2D eigenvalue weighted by Gasteiger charge is -2.19. The van der Waals surface area contributed by atoms with Crippen LogP contribution in [-0.2, 0) is 17.8 Å². The molecule has 1 heterocycles. The van der Waals surface area contributed by atoms with Crippen molar-refractivity contribution < 1.29 is 26.7 Å². The average molecular weight is 415 g/mol. The van der Waals surface area contributed by atoms with Crippen molar-refractivity contribution >= 4 is 22.3 Å². The fourth-order valence-corrected chi connectivity index (χ4v) is 3.14. The molecule has 0 saturated carbocycles. The molecule has 1 amide bonds. The van der Waals surface area contributed by atoms with Crippen LogP contribution in [0.3, 0.4) is 0 Å². The lowest BCUT2D eigenvalue weighted by atomic mass is 10.0. The van der Waals surface area contributed by atoms with E-state index in [9.17, 15) is 22.0 Å². The van der Waals surface area contributed by atoms with Crippen molar-refractivity contribution in [3.05, 3.63) is 41.7 Å². The molecule has 0 aliphatic carbocycles. The Kier molecular flexibility index (Phi) is 7.14. The number of hydrogen-bond donors (Lipinski definition) is 3. The third-order valence-electron chi connectivity index (χ3n) is 4.50. The molecular formula is C18H23F2N3O4S. The molecule has 0 saturated heterocycles. The summed E-state index contributed by atoms with van der Waals surface area (Å²) in [6.07, 6.45) is 2.06. The smallest absolute Gasteiger partial charge is 0.276 e. The van der Waals surface area contributed by atoms with E-state index in [1.54, 1.807) is 0 Å². The van der Waals surface area contributed by atoms with Crippen molar-refractivity contribution in [3.63, 3.8) is 0 Å². The zero-order valence-electron chi connectivity index (χ0n) is 15.7. The van der Waals surface area contributed by atoms with E-state index in [2.05, 4.69) is 5.32 Å². The second-order valence-electron chi connectivity index (χ2n) is 6.50. The van der Waals surface area contributed by atoms with Crippen LogP contribution in [0.15, 0.2) is 29.3 Å². The molecule has 1 aromatic heterocycles. The minimum absolute atomic E-state index is 0.0143. The minimum Gasteiger partial charge on any atom is -0.488 e. The average Bonchev–Trinajstić information content (AvgIpc) is 2.98. The molecule has 0 aliphatic heterocycles. The van der Waals surface area contributed by atoms with E-state index in [0.717, 1.165) is 18.6 Å². The first-order valence-corrected chi connectivity index (χ1v) is 9.81. The molecule has 7 nitrogen and oxygen atoms in total. The number of aromatic nitrogens is 1. The van der Waals surface area contributed by atoms with Crippen LogP contribution in [0.4, 0.5) is 14.5 Å². The van der Waals surface area contributed by atoms with E-state index in [1.165, 1.54) is 23.9 Å². The van der Waals surface area contributed by atoms with Gasteiger partial charge in [0.2, 0.25) is 0 Å². The number of carbonyl (C=O) groups excluding carboxylic acids is 1. The lowest BCUT2D eigenvalue weighted by Crippen LogP contribution is -2.34. The Morgan fingerprint density at radius 1 is 1.32 bits per heavy atom. The second kappa shape index (κ2) is 9.16. The van der Waals surface area contributed by atoms with Crippen LogP contribution >= 0.6 is 0 Å². The molecule has 10 heteroatoms. The van der Waals surface area contributed by atoms with Gasteiger partial charge in [0.05, 0.1) is 0 Å². The number of benzene rings is 1. The Balaban J connectivity index is 2.33. The fourth-order valence-electron chi connectivity index (χ4n) is 2.53. The highest BCUT2D eigenvalue weighted by molar-refractivity contribution is 7.72. The quantitative estimate of drug-likeness (QED) is 0.574. The number of rotatable bonds is 8. The van der Waals surface area contributed by atoms with Crippen molar-refractivity contribution in [1.82, 2.24) is 4.57 Å². The summed E-state index contributed by atoms with van der Waals surface area (Å²) in [7, 11) is -1.56. The van der Waals surface area contributed by atoms with Gasteiger partial charge in [-0.1, -0.05) is 20.3 Å². The molecule has 2 atom stereocenters. The normalized spacial score (nSPS) is 13.4. The monoisotopic (exact) mass is 415 g/mol. The number of aryl methyl sites for hydroxylation is 1. The van der Waals surface area contributed by atoms with Gasteiger partial charge < -0.3 is 20.4 Å². The summed E-state index contributed by atoms with van der Waals surface area (Å²) >= 11 is 0. The fraction of sp³-hybridized carbons (Fsp3) is 0.389. The van der Waals surface area contributed by atoms with Gasteiger partial charge in [-0.2, -0.15) is 0 Å². The zero-order chi connectivity index (χ0) is 21.0. The van der Waals surface area contributed by atoms with E-state index in [0.29, 0.717) is 0 Å². The Bertz CT molecular complexity index is 935. The van der Waals surface area contributed by atoms with E-state index in [4.69, 9.17) is 10.5 Å². The van der Waals surface area contributed by atoms with Crippen LogP contribution < -0.4 is 15.8 Å². The van der Waals surface area contributed by atoms with Crippen molar-refractivity contribution in [1.29, 1.82) is 0 Å². The van der Waals surface area contributed by atoms with Gasteiger partial charge >= 0.3 is 0 Å².